The SMILES string of the molecule is CCOC(=O)C1Cc2cc(OCCOC)cc(N)c2N1C(=O)OC(C)(C)C. The Labute approximate surface area is 159 Å². The van der Waals surface area contributed by atoms with Crippen LogP contribution in [-0.4, -0.2) is 50.6 Å². The molecule has 0 aromatic heterocycles. The van der Waals surface area contributed by atoms with Crippen molar-refractivity contribution in [1.82, 2.24) is 0 Å². The van der Waals surface area contributed by atoms with E-state index in [1.54, 1.807) is 46.9 Å². The van der Waals surface area contributed by atoms with Crippen molar-refractivity contribution in [2.75, 3.05) is 37.6 Å². The fraction of sp³-hybridized carbons (Fsp3) is 0.579. The molecule has 0 bridgehead atoms. The molecule has 1 aliphatic heterocycles. The summed E-state index contributed by atoms with van der Waals surface area (Å²) in [6.45, 7) is 8.02. The van der Waals surface area contributed by atoms with E-state index in [-0.39, 0.29) is 13.0 Å². The Morgan fingerprint density at radius 3 is 2.56 bits per heavy atom. The van der Waals surface area contributed by atoms with Gasteiger partial charge in [-0.1, -0.05) is 0 Å². The first-order valence-corrected chi connectivity index (χ1v) is 8.91. The number of carbonyl (C=O) groups excluding carboxylic acids is 2. The van der Waals surface area contributed by atoms with Gasteiger partial charge in [-0.3, -0.25) is 4.90 Å². The van der Waals surface area contributed by atoms with E-state index in [0.717, 1.165) is 5.56 Å². The van der Waals surface area contributed by atoms with Gasteiger partial charge in [0.25, 0.3) is 0 Å². The van der Waals surface area contributed by atoms with E-state index in [4.69, 9.17) is 24.7 Å². The van der Waals surface area contributed by atoms with E-state index in [1.807, 2.05) is 0 Å². The van der Waals surface area contributed by atoms with Gasteiger partial charge in [0, 0.05) is 19.6 Å². The van der Waals surface area contributed by atoms with Gasteiger partial charge in [-0.05, 0) is 39.3 Å². The predicted molar refractivity (Wildman–Crippen MR) is 101 cm³/mol. The molecule has 1 amide bonds. The fourth-order valence-electron chi connectivity index (χ4n) is 2.88. The number of carbonyl (C=O) groups is 2. The molecule has 27 heavy (non-hydrogen) atoms. The summed E-state index contributed by atoms with van der Waals surface area (Å²) in [5.74, 6) is 0.0535. The maximum Gasteiger partial charge on any atom is 0.415 e. The zero-order valence-corrected chi connectivity index (χ0v) is 16.5. The fourth-order valence-corrected chi connectivity index (χ4v) is 2.88. The summed E-state index contributed by atoms with van der Waals surface area (Å²) in [6.07, 6.45) is -0.363. The number of nitrogens with zero attached hydrogens (tertiary/aromatic N) is 1. The average Bonchev–Trinajstić information content (AvgIpc) is 2.94. The number of hydrogen-bond donors (Lipinski definition) is 1. The minimum Gasteiger partial charge on any atom is -0.491 e. The van der Waals surface area contributed by atoms with Crippen molar-refractivity contribution >= 4 is 23.4 Å². The third-order valence-corrected chi connectivity index (χ3v) is 3.86. The van der Waals surface area contributed by atoms with E-state index < -0.39 is 23.7 Å². The van der Waals surface area contributed by atoms with E-state index in [1.165, 1.54) is 4.90 Å². The van der Waals surface area contributed by atoms with Crippen LogP contribution in [0, 0.1) is 0 Å². The number of amides is 1. The lowest BCUT2D eigenvalue weighted by molar-refractivity contribution is -0.144. The first-order chi connectivity index (χ1) is 12.7. The molecule has 8 heteroatoms. The number of nitrogens with two attached hydrogens (primary N) is 1. The molecule has 8 nitrogen and oxygen atoms in total. The first-order valence-electron chi connectivity index (χ1n) is 8.91. The average molecular weight is 380 g/mol. The van der Waals surface area contributed by atoms with Gasteiger partial charge in [0.2, 0.25) is 0 Å². The van der Waals surface area contributed by atoms with Crippen molar-refractivity contribution < 1.29 is 28.5 Å². The van der Waals surface area contributed by atoms with Crippen LogP contribution in [0.4, 0.5) is 16.2 Å². The highest BCUT2D eigenvalue weighted by Gasteiger charge is 2.43. The largest absolute Gasteiger partial charge is 0.491 e. The molecule has 1 heterocycles. The van der Waals surface area contributed by atoms with Crippen LogP contribution < -0.4 is 15.4 Å². The predicted octanol–water partition coefficient (Wildman–Crippen LogP) is 2.52. The van der Waals surface area contributed by atoms with E-state index in [9.17, 15) is 9.59 Å². The van der Waals surface area contributed by atoms with Crippen molar-refractivity contribution in [1.29, 1.82) is 0 Å². The molecular weight excluding hydrogens is 352 g/mol. The standard InChI is InChI=1S/C19H28N2O6/c1-6-25-17(22)15-10-12-9-13(26-8-7-24-5)11-14(20)16(12)21(15)18(23)27-19(2,3)4/h9,11,15H,6-8,10,20H2,1-5H3. The molecule has 1 aromatic carbocycles. The van der Waals surface area contributed by atoms with Gasteiger partial charge < -0.3 is 24.7 Å². The monoisotopic (exact) mass is 380 g/mol. The molecule has 0 radical (unpaired) electrons. The van der Waals surface area contributed by atoms with Gasteiger partial charge in [-0.15, -0.1) is 0 Å². The number of rotatable bonds is 6. The van der Waals surface area contributed by atoms with Gasteiger partial charge in [0.1, 0.15) is 24.0 Å². The van der Waals surface area contributed by atoms with Gasteiger partial charge >= 0.3 is 12.1 Å². The highest BCUT2D eigenvalue weighted by Crippen LogP contribution is 2.41. The molecule has 150 valence electrons. The van der Waals surface area contributed by atoms with Crippen LogP contribution in [0.5, 0.6) is 5.75 Å². The lowest BCUT2D eigenvalue weighted by Crippen LogP contribution is -2.46. The summed E-state index contributed by atoms with van der Waals surface area (Å²) < 4.78 is 21.2. The van der Waals surface area contributed by atoms with Crippen LogP contribution in [0.1, 0.15) is 33.3 Å². The van der Waals surface area contributed by atoms with Crippen molar-refractivity contribution in [3.8, 4) is 5.75 Å². The molecule has 1 aliphatic rings. The normalized spacial score (nSPS) is 16.0. The zero-order valence-electron chi connectivity index (χ0n) is 16.5. The number of ether oxygens (including phenoxy) is 4. The summed E-state index contributed by atoms with van der Waals surface area (Å²) in [5, 5.41) is 0. The van der Waals surface area contributed by atoms with E-state index >= 15 is 0 Å². The molecule has 2 rings (SSSR count). The topological polar surface area (TPSA) is 100 Å². The van der Waals surface area contributed by atoms with Crippen molar-refractivity contribution in [3.05, 3.63) is 17.7 Å². The number of nitrogen functional groups attached to an aromatic ring is 1. The van der Waals surface area contributed by atoms with Crippen molar-refractivity contribution in [2.45, 2.75) is 45.8 Å². The van der Waals surface area contributed by atoms with E-state index in [0.29, 0.717) is 30.3 Å². The Balaban J connectivity index is 2.37. The van der Waals surface area contributed by atoms with Gasteiger partial charge in [0.15, 0.2) is 0 Å². The third kappa shape index (κ3) is 5.03. The molecule has 0 aliphatic carbocycles. The quantitative estimate of drug-likeness (QED) is 0.460. The Hall–Kier alpha value is -2.48. The third-order valence-electron chi connectivity index (χ3n) is 3.86. The van der Waals surface area contributed by atoms with Crippen molar-refractivity contribution in [2.24, 2.45) is 0 Å². The van der Waals surface area contributed by atoms with Crippen molar-refractivity contribution in [3.63, 3.8) is 0 Å². The second kappa shape index (κ2) is 8.47. The van der Waals surface area contributed by atoms with Crippen LogP contribution in [-0.2, 0) is 25.4 Å². The maximum absolute atomic E-state index is 12.8. The summed E-state index contributed by atoms with van der Waals surface area (Å²) in [4.78, 5) is 26.5. The molecule has 0 spiro atoms. The number of esters is 1. The molecule has 0 saturated heterocycles. The number of hydrogen-bond acceptors (Lipinski definition) is 7. The van der Waals surface area contributed by atoms with Gasteiger partial charge in [-0.25, -0.2) is 9.59 Å². The van der Waals surface area contributed by atoms with Crippen LogP contribution in [0.2, 0.25) is 0 Å². The summed E-state index contributed by atoms with van der Waals surface area (Å²) in [5.41, 5.74) is 7.00. The summed E-state index contributed by atoms with van der Waals surface area (Å²) in [7, 11) is 1.59. The summed E-state index contributed by atoms with van der Waals surface area (Å²) in [6, 6.07) is 2.57. The number of methoxy groups -OCH3 is 1. The molecule has 1 unspecified atom stereocenters. The molecule has 0 saturated carbocycles. The Bertz CT molecular complexity index is 698. The Morgan fingerprint density at radius 2 is 1.96 bits per heavy atom. The number of fused-ring (bicyclic) bond motifs is 1. The lowest BCUT2D eigenvalue weighted by atomic mass is 10.1. The highest BCUT2D eigenvalue weighted by molar-refractivity contribution is 6.02. The number of benzene rings is 1. The van der Waals surface area contributed by atoms with Crippen LogP contribution in [0.15, 0.2) is 12.1 Å². The Kier molecular flexibility index (Phi) is 6.54. The highest BCUT2D eigenvalue weighted by atomic mass is 16.6. The van der Waals surface area contributed by atoms with Crippen LogP contribution in [0.3, 0.4) is 0 Å². The first kappa shape index (κ1) is 20.8. The molecule has 1 aromatic rings. The summed E-state index contributed by atoms with van der Waals surface area (Å²) >= 11 is 0. The second-order valence-corrected chi connectivity index (χ2v) is 7.18. The Morgan fingerprint density at radius 1 is 1.26 bits per heavy atom. The lowest BCUT2D eigenvalue weighted by Gasteiger charge is -2.28. The van der Waals surface area contributed by atoms with Crippen LogP contribution >= 0.6 is 0 Å². The molecular formula is C19H28N2O6. The minimum absolute atomic E-state index is 0.217. The molecule has 1 atom stereocenters. The van der Waals surface area contributed by atoms with Gasteiger partial charge in [0.05, 0.1) is 24.6 Å². The van der Waals surface area contributed by atoms with Gasteiger partial charge in [-0.2, -0.15) is 0 Å². The smallest absolute Gasteiger partial charge is 0.415 e. The van der Waals surface area contributed by atoms with E-state index in [2.05, 4.69) is 0 Å². The molecule has 2 N–H and O–H groups in total. The number of anilines is 2. The maximum atomic E-state index is 12.8. The second-order valence-electron chi connectivity index (χ2n) is 7.18. The zero-order chi connectivity index (χ0) is 20.2. The molecule has 0 fully saturated rings. The van der Waals surface area contributed by atoms with Crippen LogP contribution in [0.25, 0.3) is 0 Å². The minimum atomic E-state index is -0.827.